The molecule has 5 nitrogen and oxygen atoms in total. The molecule has 0 radical (unpaired) electrons. The molecule has 0 unspecified atom stereocenters. The van der Waals surface area contributed by atoms with Crippen LogP contribution in [0.25, 0.3) is 0 Å². The van der Waals surface area contributed by atoms with Gasteiger partial charge in [0.15, 0.2) is 0 Å². The van der Waals surface area contributed by atoms with Crippen molar-refractivity contribution < 1.29 is 0 Å². The van der Waals surface area contributed by atoms with E-state index < -0.39 is 0 Å². The third-order valence-electron chi connectivity index (χ3n) is 5.41. The van der Waals surface area contributed by atoms with Crippen molar-refractivity contribution >= 4 is 0 Å². The van der Waals surface area contributed by atoms with Crippen LogP contribution in [0.15, 0.2) is 55.0 Å². The van der Waals surface area contributed by atoms with Crippen molar-refractivity contribution in [2.75, 3.05) is 0 Å². The summed E-state index contributed by atoms with van der Waals surface area (Å²) < 4.78 is 0. The molecule has 1 N–H and O–H groups in total. The number of aryl methyl sites for hydroxylation is 3. The van der Waals surface area contributed by atoms with E-state index in [1.165, 1.54) is 17.7 Å². The number of rotatable bonds is 6. The number of piperidine rings is 1. The summed E-state index contributed by atoms with van der Waals surface area (Å²) in [5, 5.41) is 3.79. The van der Waals surface area contributed by atoms with Crippen LogP contribution in [0.2, 0.25) is 0 Å². The number of hydrogen-bond donors (Lipinski definition) is 1. The second-order valence-corrected chi connectivity index (χ2v) is 7.48. The van der Waals surface area contributed by atoms with Crippen LogP contribution < -0.4 is 5.32 Å². The summed E-state index contributed by atoms with van der Waals surface area (Å²) in [6, 6.07) is 13.0. The molecule has 5 heteroatoms. The molecule has 28 heavy (non-hydrogen) atoms. The van der Waals surface area contributed by atoms with Gasteiger partial charge >= 0.3 is 0 Å². The second-order valence-electron chi connectivity index (χ2n) is 7.48. The molecule has 0 aromatic carbocycles. The average Bonchev–Trinajstić information content (AvgIpc) is 2.75. The Hall–Kier alpha value is -2.66. The Labute approximate surface area is 166 Å². The molecule has 0 bridgehead atoms. The summed E-state index contributed by atoms with van der Waals surface area (Å²) in [7, 11) is 0. The molecule has 1 saturated heterocycles. The molecule has 144 valence electrons. The maximum Gasteiger partial charge on any atom is 0.128 e. The maximum absolute atomic E-state index is 4.95. The standard InChI is InChI=1S/C23H27N5/c1-17-7-5-14-26-23(17)21-12-4-11-20(28-21)19-10-2-8-18(27-19)9-3-13-22-24-15-6-16-25-22/h2,5-8,10,14-16,20-21,28H,3-4,9,11-13H2,1H3/t20-,21+/m1/s1. The minimum absolute atomic E-state index is 0.289. The first-order chi connectivity index (χ1) is 13.8. The van der Waals surface area contributed by atoms with Crippen LogP contribution in [0.5, 0.6) is 0 Å². The van der Waals surface area contributed by atoms with E-state index >= 15 is 0 Å². The van der Waals surface area contributed by atoms with Crippen LogP contribution in [0.4, 0.5) is 0 Å². The van der Waals surface area contributed by atoms with E-state index in [4.69, 9.17) is 4.98 Å². The van der Waals surface area contributed by atoms with Gasteiger partial charge < -0.3 is 5.32 Å². The van der Waals surface area contributed by atoms with Crippen molar-refractivity contribution in [3.63, 3.8) is 0 Å². The lowest BCUT2D eigenvalue weighted by atomic mass is 9.92. The molecule has 1 fully saturated rings. The van der Waals surface area contributed by atoms with E-state index in [0.717, 1.165) is 49.3 Å². The smallest absolute Gasteiger partial charge is 0.128 e. The summed E-state index contributed by atoms with van der Waals surface area (Å²) in [6.45, 7) is 2.14. The Kier molecular flexibility index (Phi) is 6.02. The van der Waals surface area contributed by atoms with Crippen molar-refractivity contribution in [2.24, 2.45) is 0 Å². The average molecular weight is 374 g/mol. The molecule has 2 atom stereocenters. The zero-order chi connectivity index (χ0) is 19.2. The van der Waals surface area contributed by atoms with Gasteiger partial charge in [0.1, 0.15) is 5.82 Å². The first-order valence-corrected chi connectivity index (χ1v) is 10.2. The largest absolute Gasteiger partial charge is 0.300 e. The summed E-state index contributed by atoms with van der Waals surface area (Å²) in [4.78, 5) is 18.2. The number of nitrogens with one attached hydrogen (secondary N) is 1. The van der Waals surface area contributed by atoms with Crippen LogP contribution in [0.3, 0.4) is 0 Å². The van der Waals surface area contributed by atoms with Crippen molar-refractivity contribution in [3.05, 3.63) is 83.5 Å². The minimum Gasteiger partial charge on any atom is -0.300 e. The summed E-state index contributed by atoms with van der Waals surface area (Å²) in [5.74, 6) is 0.904. The Morgan fingerprint density at radius 1 is 0.893 bits per heavy atom. The lowest BCUT2D eigenvalue weighted by Gasteiger charge is -2.31. The minimum atomic E-state index is 0.289. The normalized spacial score (nSPS) is 19.5. The molecule has 4 rings (SSSR count). The van der Waals surface area contributed by atoms with Gasteiger partial charge in [0.25, 0.3) is 0 Å². The molecule has 0 aliphatic carbocycles. The van der Waals surface area contributed by atoms with Crippen molar-refractivity contribution in [1.82, 2.24) is 25.3 Å². The zero-order valence-electron chi connectivity index (χ0n) is 16.4. The Morgan fingerprint density at radius 3 is 2.57 bits per heavy atom. The van der Waals surface area contributed by atoms with Crippen molar-refractivity contribution in [1.29, 1.82) is 0 Å². The first kappa shape index (κ1) is 18.7. The van der Waals surface area contributed by atoms with Gasteiger partial charge in [-0.05, 0) is 68.9 Å². The van der Waals surface area contributed by atoms with E-state index in [9.17, 15) is 0 Å². The molecule has 0 amide bonds. The molecule has 4 heterocycles. The van der Waals surface area contributed by atoms with E-state index in [-0.39, 0.29) is 6.04 Å². The van der Waals surface area contributed by atoms with Crippen molar-refractivity contribution in [3.8, 4) is 0 Å². The predicted octanol–water partition coefficient (Wildman–Crippen LogP) is 4.31. The molecule has 1 aliphatic rings. The van der Waals surface area contributed by atoms with Gasteiger partial charge in [-0.25, -0.2) is 9.97 Å². The summed E-state index contributed by atoms with van der Waals surface area (Å²) >= 11 is 0. The van der Waals surface area contributed by atoms with E-state index in [1.807, 2.05) is 18.3 Å². The molecule has 3 aromatic rings. The molecular formula is C23H27N5. The van der Waals surface area contributed by atoms with Gasteiger partial charge in [-0.2, -0.15) is 0 Å². The van der Waals surface area contributed by atoms with Gasteiger partial charge in [-0.1, -0.05) is 12.1 Å². The monoisotopic (exact) mass is 373 g/mol. The lowest BCUT2D eigenvalue weighted by Crippen LogP contribution is -2.32. The Balaban J connectivity index is 1.40. The predicted molar refractivity (Wildman–Crippen MR) is 110 cm³/mol. The maximum atomic E-state index is 4.95. The molecule has 0 saturated carbocycles. The second kappa shape index (κ2) is 9.02. The number of pyridine rings is 2. The zero-order valence-corrected chi connectivity index (χ0v) is 16.4. The van der Waals surface area contributed by atoms with Gasteiger partial charge in [-0.15, -0.1) is 0 Å². The fourth-order valence-corrected chi connectivity index (χ4v) is 3.97. The number of aromatic nitrogens is 4. The third-order valence-corrected chi connectivity index (χ3v) is 5.41. The van der Waals surface area contributed by atoms with E-state index in [1.54, 1.807) is 12.4 Å². The lowest BCUT2D eigenvalue weighted by molar-refractivity contribution is 0.320. The quantitative estimate of drug-likeness (QED) is 0.698. The van der Waals surface area contributed by atoms with Crippen LogP contribution in [0, 0.1) is 6.92 Å². The highest BCUT2D eigenvalue weighted by Crippen LogP contribution is 2.32. The fourth-order valence-electron chi connectivity index (χ4n) is 3.97. The van der Waals surface area contributed by atoms with Gasteiger partial charge in [0.2, 0.25) is 0 Å². The van der Waals surface area contributed by atoms with Crippen molar-refractivity contribution in [2.45, 2.75) is 57.5 Å². The van der Waals surface area contributed by atoms with Crippen LogP contribution >= 0.6 is 0 Å². The Morgan fingerprint density at radius 2 is 1.71 bits per heavy atom. The fraction of sp³-hybridized carbons (Fsp3) is 0.391. The van der Waals surface area contributed by atoms with Crippen LogP contribution in [-0.2, 0) is 12.8 Å². The number of nitrogens with zero attached hydrogens (tertiary/aromatic N) is 4. The molecule has 0 spiro atoms. The number of hydrogen-bond acceptors (Lipinski definition) is 5. The molecule has 1 aliphatic heterocycles. The van der Waals surface area contributed by atoms with Gasteiger partial charge in [0.05, 0.1) is 17.4 Å². The van der Waals surface area contributed by atoms with Gasteiger partial charge in [-0.3, -0.25) is 9.97 Å². The highest BCUT2D eigenvalue weighted by atomic mass is 15.0. The summed E-state index contributed by atoms with van der Waals surface area (Å²) in [6.07, 6.45) is 11.8. The van der Waals surface area contributed by atoms with Gasteiger partial charge in [0, 0.05) is 36.7 Å². The van der Waals surface area contributed by atoms with E-state index in [2.05, 4.69) is 51.5 Å². The van der Waals surface area contributed by atoms with Crippen LogP contribution in [0.1, 0.15) is 66.2 Å². The highest BCUT2D eigenvalue weighted by molar-refractivity contribution is 5.23. The summed E-state index contributed by atoms with van der Waals surface area (Å²) in [5.41, 5.74) is 4.72. The SMILES string of the molecule is Cc1cccnc1[C@@H]1CCC[C@H](c2cccc(CCCc3ncccn3)n2)N1. The highest BCUT2D eigenvalue weighted by Gasteiger charge is 2.26. The van der Waals surface area contributed by atoms with E-state index in [0.29, 0.717) is 6.04 Å². The molecular weight excluding hydrogens is 346 g/mol. The third kappa shape index (κ3) is 4.60. The molecule has 3 aromatic heterocycles. The Bertz CT molecular complexity index is 896. The van der Waals surface area contributed by atoms with Crippen LogP contribution in [-0.4, -0.2) is 19.9 Å². The topological polar surface area (TPSA) is 63.6 Å². The first-order valence-electron chi connectivity index (χ1n) is 10.2.